The molecule has 2 N–H and O–H groups in total. The number of anilines is 2. The maximum atomic E-state index is 13.1. The van der Waals surface area contributed by atoms with Crippen molar-refractivity contribution in [3.8, 4) is 0 Å². The first kappa shape index (κ1) is 24.4. The number of rotatable bonds is 6. The van der Waals surface area contributed by atoms with Crippen LogP contribution in [-0.2, 0) is 20.2 Å². The number of hydrogen-bond acceptors (Lipinski definition) is 5. The third-order valence-corrected chi connectivity index (χ3v) is 6.38. The molecule has 33 heavy (non-hydrogen) atoms. The molecule has 0 saturated heterocycles. The van der Waals surface area contributed by atoms with E-state index in [1.165, 1.54) is 37.4 Å². The normalized spacial score (nSPS) is 11.7. The van der Waals surface area contributed by atoms with Gasteiger partial charge in [0.15, 0.2) is 0 Å². The number of benzene rings is 2. The summed E-state index contributed by atoms with van der Waals surface area (Å²) in [5.74, 6) is -0.810. The van der Waals surface area contributed by atoms with Gasteiger partial charge in [0, 0.05) is 24.4 Å². The number of aromatic nitrogens is 1. The fourth-order valence-electron chi connectivity index (χ4n) is 3.11. The Morgan fingerprint density at radius 2 is 1.67 bits per heavy atom. The number of nitrogens with zero attached hydrogens (tertiary/aromatic N) is 1. The molecule has 1 aromatic heterocycles. The van der Waals surface area contributed by atoms with Crippen molar-refractivity contribution < 1.29 is 18.0 Å². The van der Waals surface area contributed by atoms with Crippen molar-refractivity contribution in [1.82, 2.24) is 4.98 Å². The Hall–Kier alpha value is -3.23. The third-order valence-electron chi connectivity index (χ3n) is 4.79. The molecule has 0 fully saturated rings. The number of halogens is 1. The lowest BCUT2D eigenvalue weighted by Crippen LogP contribution is -2.18. The van der Waals surface area contributed by atoms with E-state index < -0.39 is 15.8 Å². The molecule has 0 aliphatic carbocycles. The summed E-state index contributed by atoms with van der Waals surface area (Å²) in [6.07, 6.45) is 1.27. The second kappa shape index (κ2) is 9.33. The van der Waals surface area contributed by atoms with Gasteiger partial charge >= 0.3 is 0 Å². The molecule has 3 rings (SSSR count). The molecule has 0 spiro atoms. The minimum atomic E-state index is -4.01. The van der Waals surface area contributed by atoms with Gasteiger partial charge in [0.25, 0.3) is 10.0 Å². The Labute approximate surface area is 198 Å². The summed E-state index contributed by atoms with van der Waals surface area (Å²) >= 11 is 6.04. The lowest BCUT2D eigenvalue weighted by molar-refractivity contribution is -0.114. The number of nitrogens with one attached hydrogen (secondary N) is 2. The van der Waals surface area contributed by atoms with Gasteiger partial charge in [-0.3, -0.25) is 14.3 Å². The summed E-state index contributed by atoms with van der Waals surface area (Å²) in [7, 11) is -4.01. The molecular formula is C24H24ClN3O4S. The van der Waals surface area contributed by atoms with Crippen molar-refractivity contribution in [1.29, 1.82) is 0 Å². The summed E-state index contributed by atoms with van der Waals surface area (Å²) in [5.41, 5.74) is 1.36. The van der Waals surface area contributed by atoms with E-state index in [4.69, 9.17) is 11.6 Å². The highest BCUT2D eigenvalue weighted by Crippen LogP contribution is 2.27. The SMILES string of the molecule is CC(=O)Nc1cccc(C(=O)c2ncc(Cl)cc2NS(=O)(=O)c2ccc(C(C)(C)C)cc2)c1. The van der Waals surface area contributed by atoms with Gasteiger partial charge in [0.1, 0.15) is 5.69 Å². The molecule has 0 aliphatic heterocycles. The van der Waals surface area contributed by atoms with Gasteiger partial charge in [-0.2, -0.15) is 0 Å². The number of carbonyl (C=O) groups is 2. The van der Waals surface area contributed by atoms with E-state index in [-0.39, 0.29) is 38.2 Å². The zero-order valence-corrected chi connectivity index (χ0v) is 20.2. The van der Waals surface area contributed by atoms with Crippen LogP contribution in [0.3, 0.4) is 0 Å². The van der Waals surface area contributed by atoms with Crippen molar-refractivity contribution in [2.75, 3.05) is 10.0 Å². The van der Waals surface area contributed by atoms with E-state index in [0.717, 1.165) is 5.56 Å². The van der Waals surface area contributed by atoms with Crippen LogP contribution in [0.2, 0.25) is 5.02 Å². The predicted octanol–water partition coefficient (Wildman–Crippen LogP) is 5.02. The first-order valence-electron chi connectivity index (χ1n) is 10.1. The van der Waals surface area contributed by atoms with E-state index in [1.54, 1.807) is 30.3 Å². The lowest BCUT2D eigenvalue weighted by atomic mass is 9.87. The van der Waals surface area contributed by atoms with Gasteiger partial charge in [-0.15, -0.1) is 0 Å². The van der Waals surface area contributed by atoms with E-state index >= 15 is 0 Å². The van der Waals surface area contributed by atoms with Crippen LogP contribution in [0, 0.1) is 0 Å². The summed E-state index contributed by atoms with van der Waals surface area (Å²) < 4.78 is 28.5. The molecule has 172 valence electrons. The molecule has 1 heterocycles. The summed E-state index contributed by atoms with van der Waals surface area (Å²) in [5, 5.41) is 2.77. The minimum absolute atomic E-state index is 0.0431. The topological polar surface area (TPSA) is 105 Å². The van der Waals surface area contributed by atoms with Gasteiger partial charge < -0.3 is 5.32 Å². The fourth-order valence-corrected chi connectivity index (χ4v) is 4.33. The minimum Gasteiger partial charge on any atom is -0.326 e. The smallest absolute Gasteiger partial charge is 0.261 e. The van der Waals surface area contributed by atoms with Gasteiger partial charge in [-0.05, 0) is 41.3 Å². The van der Waals surface area contributed by atoms with Crippen LogP contribution in [0.4, 0.5) is 11.4 Å². The monoisotopic (exact) mass is 485 g/mol. The first-order valence-corrected chi connectivity index (χ1v) is 11.9. The second-order valence-electron chi connectivity index (χ2n) is 8.52. The molecule has 0 radical (unpaired) electrons. The molecule has 0 unspecified atom stereocenters. The number of amides is 1. The Balaban J connectivity index is 1.96. The highest BCUT2D eigenvalue weighted by atomic mass is 35.5. The van der Waals surface area contributed by atoms with E-state index in [1.807, 2.05) is 20.8 Å². The molecule has 2 aromatic carbocycles. The number of hydrogen-bond donors (Lipinski definition) is 2. The van der Waals surface area contributed by atoms with E-state index in [0.29, 0.717) is 5.69 Å². The van der Waals surface area contributed by atoms with Crippen molar-refractivity contribution in [3.63, 3.8) is 0 Å². The first-order chi connectivity index (χ1) is 15.4. The second-order valence-corrected chi connectivity index (χ2v) is 10.6. The predicted molar refractivity (Wildman–Crippen MR) is 129 cm³/mol. The average Bonchev–Trinajstić information content (AvgIpc) is 2.72. The van der Waals surface area contributed by atoms with Crippen molar-refractivity contribution in [3.05, 3.63) is 82.6 Å². The lowest BCUT2D eigenvalue weighted by Gasteiger charge is -2.19. The molecule has 0 aliphatic rings. The highest BCUT2D eigenvalue weighted by Gasteiger charge is 2.22. The summed E-state index contributed by atoms with van der Waals surface area (Å²) in [6.45, 7) is 7.46. The zero-order chi connectivity index (χ0) is 24.4. The van der Waals surface area contributed by atoms with E-state index in [2.05, 4.69) is 15.0 Å². The highest BCUT2D eigenvalue weighted by molar-refractivity contribution is 7.92. The maximum absolute atomic E-state index is 13.1. The van der Waals surface area contributed by atoms with Crippen LogP contribution in [0.5, 0.6) is 0 Å². The van der Waals surface area contributed by atoms with Crippen LogP contribution in [0.25, 0.3) is 0 Å². The maximum Gasteiger partial charge on any atom is 0.261 e. The standard InChI is InChI=1S/C24H24ClN3O4S/c1-15(29)27-19-7-5-6-16(12-19)23(30)22-21(13-18(25)14-26-22)28-33(31,32)20-10-8-17(9-11-20)24(2,3)4/h5-14,28H,1-4H3,(H,27,29). The average molecular weight is 486 g/mol. The Morgan fingerprint density at radius 3 is 2.27 bits per heavy atom. The van der Waals surface area contributed by atoms with Gasteiger partial charge in [-0.25, -0.2) is 13.4 Å². The van der Waals surface area contributed by atoms with Crippen LogP contribution in [-0.4, -0.2) is 25.1 Å². The van der Waals surface area contributed by atoms with E-state index in [9.17, 15) is 18.0 Å². The summed E-state index contributed by atoms with van der Waals surface area (Å²) in [6, 6.07) is 14.2. The molecule has 0 bridgehead atoms. The summed E-state index contributed by atoms with van der Waals surface area (Å²) in [4.78, 5) is 28.6. The Morgan fingerprint density at radius 1 is 1.00 bits per heavy atom. The fraction of sp³-hybridized carbons (Fsp3) is 0.208. The third kappa shape index (κ3) is 5.97. The molecule has 0 atom stereocenters. The molecule has 7 nitrogen and oxygen atoms in total. The van der Waals surface area contributed by atoms with Crippen molar-refractivity contribution >= 4 is 44.7 Å². The van der Waals surface area contributed by atoms with Crippen LogP contribution in [0.1, 0.15) is 49.3 Å². The van der Waals surface area contributed by atoms with Crippen molar-refractivity contribution in [2.45, 2.75) is 38.0 Å². The Kier molecular flexibility index (Phi) is 6.90. The van der Waals surface area contributed by atoms with Crippen LogP contribution >= 0.6 is 11.6 Å². The quantitative estimate of drug-likeness (QED) is 0.477. The van der Waals surface area contributed by atoms with Crippen molar-refractivity contribution in [2.24, 2.45) is 0 Å². The Bertz CT molecular complexity index is 1310. The number of ketones is 1. The molecular weight excluding hydrogens is 462 g/mol. The molecule has 0 saturated carbocycles. The largest absolute Gasteiger partial charge is 0.326 e. The number of pyridine rings is 1. The molecule has 3 aromatic rings. The van der Waals surface area contributed by atoms with Crippen LogP contribution in [0.15, 0.2) is 65.7 Å². The zero-order valence-electron chi connectivity index (χ0n) is 18.6. The van der Waals surface area contributed by atoms with Gasteiger partial charge in [0.05, 0.1) is 15.6 Å². The van der Waals surface area contributed by atoms with Crippen LogP contribution < -0.4 is 10.0 Å². The number of carbonyl (C=O) groups excluding carboxylic acids is 2. The molecule has 1 amide bonds. The van der Waals surface area contributed by atoms with Gasteiger partial charge in [-0.1, -0.05) is 56.6 Å². The molecule has 9 heteroatoms. The van der Waals surface area contributed by atoms with Gasteiger partial charge in [0.2, 0.25) is 11.7 Å². The number of sulfonamides is 1.